The summed E-state index contributed by atoms with van der Waals surface area (Å²) in [7, 11) is 1.69. The lowest BCUT2D eigenvalue weighted by Crippen LogP contribution is -2.59. The molecule has 8 nitrogen and oxygen atoms in total. The van der Waals surface area contributed by atoms with E-state index in [1.165, 1.54) is 0 Å². The van der Waals surface area contributed by atoms with Crippen molar-refractivity contribution in [2.45, 2.75) is 49.6 Å². The quantitative estimate of drug-likeness (QED) is 0.406. The summed E-state index contributed by atoms with van der Waals surface area (Å²) in [6, 6.07) is 17.6. The van der Waals surface area contributed by atoms with Crippen LogP contribution in [0, 0.1) is 11.8 Å². The lowest BCUT2D eigenvalue weighted by atomic mass is 9.70. The maximum atomic E-state index is 14.6. The van der Waals surface area contributed by atoms with Gasteiger partial charge in [0.25, 0.3) is 0 Å². The van der Waals surface area contributed by atoms with Crippen LogP contribution in [0.5, 0.6) is 0 Å². The number of aliphatic hydroxyl groups is 1. The summed E-state index contributed by atoms with van der Waals surface area (Å²) < 4.78 is 6.61. The average molecular weight is 558 g/mol. The molecule has 2 aromatic carbocycles. The Bertz CT molecular complexity index is 1280. The molecule has 3 amide bonds. The van der Waals surface area contributed by atoms with Crippen molar-refractivity contribution in [3.63, 3.8) is 0 Å². The fourth-order valence-corrected chi connectivity index (χ4v) is 7.09. The zero-order valence-electron chi connectivity index (χ0n) is 23.6. The molecule has 3 saturated heterocycles. The van der Waals surface area contributed by atoms with E-state index in [2.05, 4.69) is 13.2 Å². The number of fused-ring (bicyclic) bond motifs is 1. The van der Waals surface area contributed by atoms with E-state index in [0.29, 0.717) is 32.4 Å². The molecule has 0 aliphatic carbocycles. The summed E-state index contributed by atoms with van der Waals surface area (Å²) in [5.74, 6) is -2.24. The molecule has 0 radical (unpaired) electrons. The highest BCUT2D eigenvalue weighted by Crippen LogP contribution is 2.59. The summed E-state index contributed by atoms with van der Waals surface area (Å²) >= 11 is 0. The van der Waals surface area contributed by atoms with Gasteiger partial charge < -0.3 is 24.5 Å². The van der Waals surface area contributed by atoms with E-state index in [-0.39, 0.29) is 30.9 Å². The first-order valence-electron chi connectivity index (χ1n) is 14.3. The number of hydrogen-bond donors (Lipinski definition) is 1. The Morgan fingerprint density at radius 3 is 2.29 bits per heavy atom. The third kappa shape index (κ3) is 5.11. The van der Waals surface area contributed by atoms with E-state index in [1.54, 1.807) is 33.9 Å². The van der Waals surface area contributed by atoms with Gasteiger partial charge >= 0.3 is 0 Å². The molecule has 3 aliphatic heterocycles. The molecular weight excluding hydrogens is 518 g/mol. The predicted molar refractivity (Wildman–Crippen MR) is 155 cm³/mol. The molecule has 3 heterocycles. The predicted octanol–water partition coefficient (Wildman–Crippen LogP) is 2.82. The zero-order chi connectivity index (χ0) is 29.1. The maximum Gasteiger partial charge on any atom is 0.249 e. The van der Waals surface area contributed by atoms with Crippen LogP contribution in [0.15, 0.2) is 86.0 Å². The maximum absolute atomic E-state index is 14.6. The van der Waals surface area contributed by atoms with Crippen molar-refractivity contribution in [1.29, 1.82) is 0 Å². The first-order valence-corrected chi connectivity index (χ1v) is 14.3. The smallest absolute Gasteiger partial charge is 0.249 e. The molecule has 0 aromatic heterocycles. The third-order valence-corrected chi connectivity index (χ3v) is 8.83. The Morgan fingerprint density at radius 1 is 1.05 bits per heavy atom. The molecule has 8 heteroatoms. The number of rotatable bonds is 12. The molecule has 6 atom stereocenters. The number of aliphatic hydroxyl groups excluding tert-OH is 1. The van der Waals surface area contributed by atoms with Gasteiger partial charge in [0, 0.05) is 26.7 Å². The molecule has 1 spiro atoms. The van der Waals surface area contributed by atoms with E-state index in [9.17, 15) is 19.5 Å². The van der Waals surface area contributed by atoms with Crippen molar-refractivity contribution in [3.8, 4) is 0 Å². The van der Waals surface area contributed by atoms with Gasteiger partial charge in [0.2, 0.25) is 17.7 Å². The summed E-state index contributed by atoms with van der Waals surface area (Å²) in [6.07, 6.45) is 4.33. The molecule has 3 fully saturated rings. The fraction of sp³-hybridized carbons (Fsp3) is 0.424. The van der Waals surface area contributed by atoms with E-state index < -0.39 is 35.6 Å². The summed E-state index contributed by atoms with van der Waals surface area (Å²) in [5.41, 5.74) is 0.747. The minimum Gasteiger partial charge on any atom is -0.394 e. The van der Waals surface area contributed by atoms with Crippen LogP contribution in [0.3, 0.4) is 0 Å². The second kappa shape index (κ2) is 12.0. The van der Waals surface area contributed by atoms with Crippen LogP contribution in [0.2, 0.25) is 0 Å². The molecule has 0 saturated carbocycles. The van der Waals surface area contributed by atoms with E-state index in [4.69, 9.17) is 4.74 Å². The number of likely N-dealkylation sites (N-methyl/N-ethyl adjacent to an activating group) is 1. The molecule has 41 heavy (non-hydrogen) atoms. The molecule has 5 rings (SSSR count). The minimum atomic E-state index is -1.14. The number of amides is 3. The van der Waals surface area contributed by atoms with Gasteiger partial charge in [-0.2, -0.15) is 0 Å². The van der Waals surface area contributed by atoms with Gasteiger partial charge in [0.1, 0.15) is 11.6 Å². The first-order chi connectivity index (χ1) is 19.9. The first kappa shape index (κ1) is 28.8. The van der Waals surface area contributed by atoms with Crippen LogP contribution in [-0.4, -0.2) is 88.1 Å². The molecule has 216 valence electrons. The second-order valence-electron chi connectivity index (χ2n) is 11.3. The number of benzene rings is 2. The molecule has 3 aliphatic rings. The van der Waals surface area contributed by atoms with Crippen LogP contribution in [0.1, 0.15) is 24.0 Å². The number of likely N-dealkylation sites (tertiary alicyclic amines) is 1. The van der Waals surface area contributed by atoms with Gasteiger partial charge in [-0.05, 0) is 30.4 Å². The van der Waals surface area contributed by atoms with E-state index in [1.807, 2.05) is 60.7 Å². The number of carbonyl (C=O) groups excluding carboxylic acids is 3. The van der Waals surface area contributed by atoms with E-state index in [0.717, 1.165) is 11.1 Å². The highest BCUT2D eigenvalue weighted by atomic mass is 16.5. The van der Waals surface area contributed by atoms with Crippen LogP contribution >= 0.6 is 0 Å². The third-order valence-electron chi connectivity index (χ3n) is 8.83. The van der Waals surface area contributed by atoms with Gasteiger partial charge in [-0.1, -0.05) is 72.8 Å². The van der Waals surface area contributed by atoms with E-state index >= 15 is 0 Å². The van der Waals surface area contributed by atoms with Crippen molar-refractivity contribution in [2.75, 3.05) is 26.7 Å². The monoisotopic (exact) mass is 557 g/mol. The van der Waals surface area contributed by atoms with Gasteiger partial charge in [-0.25, -0.2) is 0 Å². The Hall–Kier alpha value is -3.75. The number of hydrogen-bond acceptors (Lipinski definition) is 5. The average Bonchev–Trinajstić information content (AvgIpc) is 3.63. The van der Waals surface area contributed by atoms with Gasteiger partial charge in [-0.15, -0.1) is 13.2 Å². The number of carbonyl (C=O) groups is 3. The van der Waals surface area contributed by atoms with Crippen LogP contribution in [0.25, 0.3) is 0 Å². The Morgan fingerprint density at radius 2 is 1.68 bits per heavy atom. The minimum absolute atomic E-state index is 0.182. The van der Waals surface area contributed by atoms with Gasteiger partial charge in [0.05, 0.1) is 30.6 Å². The molecule has 2 unspecified atom stereocenters. The highest BCUT2D eigenvalue weighted by Gasteiger charge is 2.75. The van der Waals surface area contributed by atoms with Crippen LogP contribution in [-0.2, 0) is 32.1 Å². The Labute approximate surface area is 241 Å². The van der Waals surface area contributed by atoms with Crippen LogP contribution < -0.4 is 0 Å². The molecule has 2 aromatic rings. The SMILES string of the molecule is C=CCN(C)C(=O)[C@@H]1[C@H]2C(=O)N([C@@H](CO)Cc3ccccc3)C(C(=O)N(CC=C)Cc3ccccc3)C23CC[C@H]1O3. The number of nitrogens with zero attached hydrogens (tertiary/aromatic N) is 3. The largest absolute Gasteiger partial charge is 0.394 e. The second-order valence-corrected chi connectivity index (χ2v) is 11.3. The standard InChI is InChI=1S/C33H39N3O5/c1-4-18-34(3)30(38)27-26-16-17-33(41-26)28(27)31(39)36(25(22-37)20-23-12-8-6-9-13-23)29(33)32(40)35(19-5-2)21-24-14-10-7-11-15-24/h4-15,25-29,37H,1-2,16-22H2,3H3/t25-,26-,27+,28+,29?,33?/m1/s1. The van der Waals surface area contributed by atoms with Gasteiger partial charge in [-0.3, -0.25) is 14.4 Å². The molecule has 2 bridgehead atoms. The van der Waals surface area contributed by atoms with Crippen LogP contribution in [0.4, 0.5) is 0 Å². The summed E-state index contributed by atoms with van der Waals surface area (Å²) in [6.45, 7) is 8.25. The Kier molecular flexibility index (Phi) is 8.42. The van der Waals surface area contributed by atoms with Crippen molar-refractivity contribution in [1.82, 2.24) is 14.7 Å². The van der Waals surface area contributed by atoms with Crippen molar-refractivity contribution < 1.29 is 24.2 Å². The lowest BCUT2D eigenvalue weighted by molar-refractivity contribution is -0.152. The van der Waals surface area contributed by atoms with Gasteiger partial charge in [0.15, 0.2) is 0 Å². The fourth-order valence-electron chi connectivity index (χ4n) is 7.09. The zero-order valence-corrected chi connectivity index (χ0v) is 23.6. The van der Waals surface area contributed by atoms with Crippen molar-refractivity contribution >= 4 is 17.7 Å². The highest BCUT2D eigenvalue weighted by molar-refractivity contribution is 5.99. The summed E-state index contributed by atoms with van der Waals surface area (Å²) in [5, 5.41) is 10.6. The molecular formula is C33H39N3O5. The Balaban J connectivity index is 1.57. The van der Waals surface area contributed by atoms with Crippen molar-refractivity contribution in [2.24, 2.45) is 11.8 Å². The summed E-state index contributed by atoms with van der Waals surface area (Å²) in [4.78, 5) is 47.6. The molecule has 1 N–H and O–H groups in total. The lowest BCUT2D eigenvalue weighted by Gasteiger charge is -2.39. The normalized spacial score (nSPS) is 26.9. The van der Waals surface area contributed by atoms with Crippen molar-refractivity contribution in [3.05, 3.63) is 97.1 Å². The topological polar surface area (TPSA) is 90.4 Å². The number of ether oxygens (including phenoxy) is 1.